The van der Waals surface area contributed by atoms with E-state index in [2.05, 4.69) is 6.92 Å². The Morgan fingerprint density at radius 2 is 1.96 bits per heavy atom. The molecule has 0 aromatic heterocycles. The minimum Gasteiger partial charge on any atom is -0.481 e. The van der Waals surface area contributed by atoms with Crippen LogP contribution in [0.1, 0.15) is 41.8 Å². The monoisotopic (exact) mass is 335 g/mol. The number of carbonyl (C=O) groups excluding carboxylic acids is 1. The summed E-state index contributed by atoms with van der Waals surface area (Å²) in [7, 11) is 0. The zero-order chi connectivity index (χ0) is 17.9. The molecular formula is C18H25NO5. The Balaban J connectivity index is 2.19. The summed E-state index contributed by atoms with van der Waals surface area (Å²) in [4.78, 5) is 25.3. The van der Waals surface area contributed by atoms with E-state index in [-0.39, 0.29) is 11.5 Å². The van der Waals surface area contributed by atoms with E-state index < -0.39 is 12.6 Å². The van der Waals surface area contributed by atoms with Gasteiger partial charge in [-0.1, -0.05) is 6.92 Å². The van der Waals surface area contributed by atoms with Crippen molar-refractivity contribution in [2.75, 3.05) is 26.3 Å². The fraction of sp³-hybridized carbons (Fsp3) is 0.556. The third kappa shape index (κ3) is 4.06. The van der Waals surface area contributed by atoms with Crippen molar-refractivity contribution >= 4 is 11.9 Å². The SMILES string of the molecule is CC[C@@]1(C)CN(C(=O)c2cc(C)c(OCC(=O)O)c(C)c2)CCO1. The average molecular weight is 335 g/mol. The second-order valence-corrected chi connectivity index (χ2v) is 6.50. The van der Waals surface area contributed by atoms with Gasteiger partial charge < -0.3 is 19.5 Å². The number of nitrogens with zero attached hydrogens (tertiary/aromatic N) is 1. The van der Waals surface area contributed by atoms with Crippen molar-refractivity contribution in [3.05, 3.63) is 28.8 Å². The molecule has 1 aromatic carbocycles. The quantitative estimate of drug-likeness (QED) is 0.894. The maximum Gasteiger partial charge on any atom is 0.341 e. The van der Waals surface area contributed by atoms with Crippen LogP contribution in [0.4, 0.5) is 0 Å². The highest BCUT2D eigenvalue weighted by Crippen LogP contribution is 2.27. The van der Waals surface area contributed by atoms with Crippen LogP contribution >= 0.6 is 0 Å². The lowest BCUT2D eigenvalue weighted by atomic mass is 9.99. The second kappa shape index (κ2) is 7.21. The average Bonchev–Trinajstić information content (AvgIpc) is 2.53. The number of amides is 1. The number of hydrogen-bond donors (Lipinski definition) is 1. The van der Waals surface area contributed by atoms with Gasteiger partial charge in [0, 0.05) is 18.7 Å². The summed E-state index contributed by atoms with van der Waals surface area (Å²) in [6.07, 6.45) is 0.844. The molecule has 0 spiro atoms. The highest BCUT2D eigenvalue weighted by molar-refractivity contribution is 5.95. The van der Waals surface area contributed by atoms with Crippen LogP contribution < -0.4 is 4.74 Å². The number of carbonyl (C=O) groups is 2. The third-order valence-corrected chi connectivity index (χ3v) is 4.42. The van der Waals surface area contributed by atoms with E-state index in [0.29, 0.717) is 31.0 Å². The molecule has 1 atom stereocenters. The van der Waals surface area contributed by atoms with Crippen molar-refractivity contribution in [3.8, 4) is 5.75 Å². The van der Waals surface area contributed by atoms with Crippen LogP contribution in [0.25, 0.3) is 0 Å². The summed E-state index contributed by atoms with van der Waals surface area (Å²) < 4.78 is 11.1. The van der Waals surface area contributed by atoms with Gasteiger partial charge in [-0.15, -0.1) is 0 Å². The van der Waals surface area contributed by atoms with E-state index in [9.17, 15) is 9.59 Å². The first-order chi connectivity index (χ1) is 11.3. The molecule has 0 radical (unpaired) electrons. The predicted octanol–water partition coefficient (Wildman–Crippen LogP) is 2.41. The van der Waals surface area contributed by atoms with Gasteiger partial charge >= 0.3 is 5.97 Å². The van der Waals surface area contributed by atoms with Crippen molar-refractivity contribution in [1.29, 1.82) is 0 Å². The van der Waals surface area contributed by atoms with Gasteiger partial charge in [-0.2, -0.15) is 0 Å². The molecule has 6 nitrogen and oxygen atoms in total. The number of hydrogen-bond acceptors (Lipinski definition) is 4. The first-order valence-corrected chi connectivity index (χ1v) is 8.15. The molecule has 1 aromatic rings. The molecule has 6 heteroatoms. The summed E-state index contributed by atoms with van der Waals surface area (Å²) in [5.74, 6) is -0.538. The number of ether oxygens (including phenoxy) is 2. The molecule has 0 aliphatic carbocycles. The molecule has 1 aliphatic heterocycles. The minimum atomic E-state index is -1.03. The van der Waals surface area contributed by atoms with Gasteiger partial charge in [0.15, 0.2) is 6.61 Å². The van der Waals surface area contributed by atoms with Gasteiger partial charge in [0.1, 0.15) is 5.75 Å². The number of carboxylic acid groups (broad SMARTS) is 1. The Morgan fingerprint density at radius 1 is 1.33 bits per heavy atom. The standard InChI is InChI=1S/C18H25NO5/c1-5-18(4)11-19(6-7-24-18)17(22)14-8-12(2)16(13(3)9-14)23-10-15(20)21/h8-9H,5-7,10-11H2,1-4H3,(H,20,21)/t18-/m0/s1. The lowest BCUT2D eigenvalue weighted by Gasteiger charge is -2.40. The second-order valence-electron chi connectivity index (χ2n) is 6.50. The number of morpholine rings is 1. The molecule has 0 saturated carbocycles. The molecule has 0 bridgehead atoms. The van der Waals surface area contributed by atoms with Crippen molar-refractivity contribution in [2.45, 2.75) is 39.7 Å². The summed E-state index contributed by atoms with van der Waals surface area (Å²) >= 11 is 0. The number of benzene rings is 1. The first-order valence-electron chi connectivity index (χ1n) is 8.15. The van der Waals surface area contributed by atoms with Crippen LogP contribution in [-0.4, -0.2) is 53.8 Å². The molecule has 1 aliphatic rings. The van der Waals surface area contributed by atoms with E-state index in [0.717, 1.165) is 17.5 Å². The van der Waals surface area contributed by atoms with Crippen molar-refractivity contribution in [2.24, 2.45) is 0 Å². The molecule has 1 heterocycles. The fourth-order valence-electron chi connectivity index (χ4n) is 2.94. The lowest BCUT2D eigenvalue weighted by Crippen LogP contribution is -2.51. The summed E-state index contributed by atoms with van der Waals surface area (Å²) in [5.41, 5.74) is 1.80. The summed E-state index contributed by atoms with van der Waals surface area (Å²) in [5, 5.41) is 8.74. The van der Waals surface area contributed by atoms with Crippen LogP contribution in [-0.2, 0) is 9.53 Å². The molecule has 1 fully saturated rings. The highest BCUT2D eigenvalue weighted by atomic mass is 16.5. The van der Waals surface area contributed by atoms with Gasteiger partial charge in [0.2, 0.25) is 0 Å². The summed E-state index contributed by atoms with van der Waals surface area (Å²) in [6.45, 7) is 8.98. The first kappa shape index (κ1) is 18.3. The number of aliphatic carboxylic acids is 1. The Bertz CT molecular complexity index is 619. The molecule has 0 unspecified atom stereocenters. The van der Waals surface area contributed by atoms with Gasteiger partial charge in [-0.05, 0) is 50.5 Å². The van der Waals surface area contributed by atoms with Crippen LogP contribution in [0.3, 0.4) is 0 Å². The lowest BCUT2D eigenvalue weighted by molar-refractivity contribution is -0.139. The van der Waals surface area contributed by atoms with E-state index in [4.69, 9.17) is 14.6 Å². The Kier molecular flexibility index (Phi) is 5.49. The number of carboxylic acids is 1. The normalized spacial score (nSPS) is 20.8. The largest absolute Gasteiger partial charge is 0.481 e. The molecule has 24 heavy (non-hydrogen) atoms. The maximum atomic E-state index is 12.8. The topological polar surface area (TPSA) is 76.1 Å². The van der Waals surface area contributed by atoms with E-state index in [1.807, 2.05) is 25.7 Å². The molecule has 1 amide bonds. The van der Waals surface area contributed by atoms with Crippen LogP contribution in [0.15, 0.2) is 12.1 Å². The van der Waals surface area contributed by atoms with Crippen molar-refractivity contribution < 1.29 is 24.2 Å². The molecule has 2 rings (SSSR count). The third-order valence-electron chi connectivity index (χ3n) is 4.42. The van der Waals surface area contributed by atoms with Crippen LogP contribution in [0.5, 0.6) is 5.75 Å². The van der Waals surface area contributed by atoms with Crippen molar-refractivity contribution in [3.63, 3.8) is 0 Å². The Morgan fingerprint density at radius 3 is 2.50 bits per heavy atom. The molecule has 132 valence electrons. The number of aryl methyl sites for hydroxylation is 2. The van der Waals surface area contributed by atoms with Crippen molar-refractivity contribution in [1.82, 2.24) is 4.90 Å². The number of rotatable bonds is 5. The molecular weight excluding hydrogens is 310 g/mol. The highest BCUT2D eigenvalue weighted by Gasteiger charge is 2.33. The van der Waals surface area contributed by atoms with Gasteiger partial charge in [0.05, 0.1) is 12.2 Å². The van der Waals surface area contributed by atoms with Crippen LogP contribution in [0, 0.1) is 13.8 Å². The molecule has 1 N–H and O–H groups in total. The molecule has 1 saturated heterocycles. The predicted molar refractivity (Wildman–Crippen MR) is 89.6 cm³/mol. The van der Waals surface area contributed by atoms with E-state index >= 15 is 0 Å². The van der Waals surface area contributed by atoms with Crippen LogP contribution in [0.2, 0.25) is 0 Å². The van der Waals surface area contributed by atoms with Gasteiger partial charge in [-0.3, -0.25) is 4.79 Å². The fourth-order valence-corrected chi connectivity index (χ4v) is 2.94. The minimum absolute atomic E-state index is 0.0334. The smallest absolute Gasteiger partial charge is 0.341 e. The zero-order valence-corrected chi connectivity index (χ0v) is 14.7. The van der Waals surface area contributed by atoms with E-state index in [1.165, 1.54) is 0 Å². The zero-order valence-electron chi connectivity index (χ0n) is 14.7. The Hall–Kier alpha value is -2.08. The Labute approximate surface area is 142 Å². The maximum absolute atomic E-state index is 12.8. The summed E-state index contributed by atoms with van der Waals surface area (Å²) in [6, 6.07) is 3.51. The van der Waals surface area contributed by atoms with E-state index in [1.54, 1.807) is 12.1 Å². The van der Waals surface area contributed by atoms with Gasteiger partial charge in [0.25, 0.3) is 5.91 Å². The van der Waals surface area contributed by atoms with Gasteiger partial charge in [-0.25, -0.2) is 4.79 Å².